The molecule has 0 radical (unpaired) electrons. The molecule has 1 fully saturated rings. The van der Waals surface area contributed by atoms with Crippen molar-refractivity contribution >= 4 is 0 Å². The van der Waals surface area contributed by atoms with Crippen molar-refractivity contribution in [3.8, 4) is 0 Å². The molecule has 0 N–H and O–H groups in total. The van der Waals surface area contributed by atoms with Crippen molar-refractivity contribution in [3.05, 3.63) is 0 Å². The van der Waals surface area contributed by atoms with Gasteiger partial charge in [0, 0.05) is 11.8 Å². The number of nitrogens with zero attached hydrogens (tertiary/aromatic N) is 1. The molecule has 0 bridgehead atoms. The van der Waals surface area contributed by atoms with Gasteiger partial charge in [0.25, 0.3) is 0 Å². The van der Waals surface area contributed by atoms with E-state index < -0.39 is 0 Å². The molecule has 90 valence electrons. The topological polar surface area (TPSA) is 0 Å². The van der Waals surface area contributed by atoms with Crippen molar-refractivity contribution in [2.75, 3.05) is 26.2 Å². The monoisotopic (exact) mass is 212 g/mol. The number of rotatable bonds is 6. The van der Waals surface area contributed by atoms with Crippen LogP contribution >= 0.6 is 0 Å². The Kier molecular flexibility index (Phi) is 5.11. The summed E-state index contributed by atoms with van der Waals surface area (Å²) in [7, 11) is 0. The Morgan fingerprint density at radius 2 is 1.47 bits per heavy atom. The lowest BCUT2D eigenvalue weighted by atomic mass is 9.92. The summed E-state index contributed by atoms with van der Waals surface area (Å²) in [4.78, 5) is 0. The highest BCUT2D eigenvalue weighted by Gasteiger charge is 2.41. The molecule has 2 unspecified atom stereocenters. The van der Waals surface area contributed by atoms with E-state index in [0.717, 1.165) is 11.8 Å². The van der Waals surface area contributed by atoms with Crippen LogP contribution < -0.4 is 0 Å². The standard InChI is InChI=1S/C14H30N/c1-5-9-10-15(8-4)11-13(6-2)14(7-3)12-15/h13-14H,5-12H2,1-4H3/q+1. The van der Waals surface area contributed by atoms with Gasteiger partial charge in [0.05, 0.1) is 26.2 Å². The maximum absolute atomic E-state index is 2.39. The number of hydrogen-bond acceptors (Lipinski definition) is 0. The smallest absolute Gasteiger partial charge is 0.0820 e. The van der Waals surface area contributed by atoms with Crippen LogP contribution in [0.1, 0.15) is 53.4 Å². The summed E-state index contributed by atoms with van der Waals surface area (Å²) in [5.41, 5.74) is 0. The van der Waals surface area contributed by atoms with Crippen LogP contribution in [-0.4, -0.2) is 30.7 Å². The lowest BCUT2D eigenvalue weighted by Gasteiger charge is -2.34. The Labute approximate surface area is 96.4 Å². The molecule has 15 heavy (non-hydrogen) atoms. The molecule has 0 spiro atoms. The molecule has 1 nitrogen and oxygen atoms in total. The molecule has 1 rings (SSSR count). The summed E-state index contributed by atoms with van der Waals surface area (Å²) < 4.78 is 1.42. The van der Waals surface area contributed by atoms with Crippen molar-refractivity contribution in [2.24, 2.45) is 11.8 Å². The molecule has 0 aliphatic carbocycles. The molecule has 0 aromatic rings. The van der Waals surface area contributed by atoms with Gasteiger partial charge in [-0.25, -0.2) is 0 Å². The van der Waals surface area contributed by atoms with Crippen LogP contribution in [-0.2, 0) is 0 Å². The van der Waals surface area contributed by atoms with Gasteiger partial charge in [0.1, 0.15) is 0 Å². The summed E-state index contributed by atoms with van der Waals surface area (Å²) in [6.07, 6.45) is 5.56. The fourth-order valence-corrected chi connectivity index (χ4v) is 3.38. The Hall–Kier alpha value is -0.0400. The van der Waals surface area contributed by atoms with Crippen molar-refractivity contribution in [1.82, 2.24) is 0 Å². The Bertz CT molecular complexity index is 164. The van der Waals surface area contributed by atoms with Gasteiger partial charge in [-0.15, -0.1) is 0 Å². The van der Waals surface area contributed by atoms with Crippen LogP contribution in [0.4, 0.5) is 0 Å². The third kappa shape index (κ3) is 2.96. The van der Waals surface area contributed by atoms with Crippen molar-refractivity contribution in [2.45, 2.75) is 53.4 Å². The maximum atomic E-state index is 2.39. The van der Waals surface area contributed by atoms with E-state index in [1.54, 1.807) is 0 Å². The van der Waals surface area contributed by atoms with Crippen LogP contribution in [0.2, 0.25) is 0 Å². The van der Waals surface area contributed by atoms with Gasteiger partial charge in [-0.1, -0.05) is 27.2 Å². The average Bonchev–Trinajstić information content (AvgIpc) is 2.65. The lowest BCUT2D eigenvalue weighted by Crippen LogP contribution is -2.46. The second kappa shape index (κ2) is 5.89. The SMILES string of the molecule is CCCC[N+]1(CC)CC(CC)C(CC)C1. The van der Waals surface area contributed by atoms with E-state index in [1.165, 1.54) is 56.3 Å². The molecular formula is C14H30N+. The lowest BCUT2D eigenvalue weighted by molar-refractivity contribution is -0.918. The first-order valence-electron chi connectivity index (χ1n) is 7.06. The largest absolute Gasteiger partial charge is 0.323 e. The Morgan fingerprint density at radius 3 is 1.80 bits per heavy atom. The van der Waals surface area contributed by atoms with Crippen LogP contribution in [0.15, 0.2) is 0 Å². The molecule has 1 aliphatic heterocycles. The van der Waals surface area contributed by atoms with Crippen LogP contribution in [0.5, 0.6) is 0 Å². The second-order valence-corrected chi connectivity index (χ2v) is 5.44. The summed E-state index contributed by atoms with van der Waals surface area (Å²) >= 11 is 0. The van der Waals surface area contributed by atoms with Gasteiger partial charge >= 0.3 is 0 Å². The second-order valence-electron chi connectivity index (χ2n) is 5.44. The highest BCUT2D eigenvalue weighted by Crippen LogP contribution is 2.34. The van der Waals surface area contributed by atoms with E-state index in [1.807, 2.05) is 0 Å². The van der Waals surface area contributed by atoms with Crippen LogP contribution in [0.25, 0.3) is 0 Å². The quantitative estimate of drug-likeness (QED) is 0.589. The number of likely N-dealkylation sites (tertiary alicyclic amines) is 1. The minimum atomic E-state index is 1.01. The minimum absolute atomic E-state index is 1.01. The summed E-state index contributed by atoms with van der Waals surface area (Å²) in [6.45, 7) is 15.2. The summed E-state index contributed by atoms with van der Waals surface area (Å²) in [5, 5.41) is 0. The number of quaternary nitrogens is 1. The number of unbranched alkanes of at least 4 members (excludes halogenated alkanes) is 1. The average molecular weight is 212 g/mol. The van der Waals surface area contributed by atoms with E-state index >= 15 is 0 Å². The molecule has 1 heterocycles. The molecule has 0 amide bonds. The molecule has 1 heteroatoms. The Balaban J connectivity index is 2.60. The zero-order valence-electron chi connectivity index (χ0n) is 11.3. The fraction of sp³-hybridized carbons (Fsp3) is 1.00. The minimum Gasteiger partial charge on any atom is -0.323 e. The van der Waals surface area contributed by atoms with E-state index in [4.69, 9.17) is 0 Å². The zero-order chi connectivity index (χ0) is 11.3. The van der Waals surface area contributed by atoms with Gasteiger partial charge < -0.3 is 4.48 Å². The highest BCUT2D eigenvalue weighted by atomic mass is 15.4. The van der Waals surface area contributed by atoms with Gasteiger partial charge in [-0.05, 0) is 26.2 Å². The first-order valence-corrected chi connectivity index (χ1v) is 7.06. The Morgan fingerprint density at radius 1 is 0.933 bits per heavy atom. The summed E-state index contributed by atoms with van der Waals surface area (Å²) in [5.74, 6) is 2.01. The third-order valence-electron chi connectivity index (χ3n) is 4.62. The maximum Gasteiger partial charge on any atom is 0.0820 e. The predicted octanol–water partition coefficient (Wildman–Crippen LogP) is 3.69. The third-order valence-corrected chi connectivity index (χ3v) is 4.62. The van der Waals surface area contributed by atoms with E-state index in [-0.39, 0.29) is 0 Å². The first kappa shape index (κ1) is 13.0. The predicted molar refractivity (Wildman–Crippen MR) is 67.9 cm³/mol. The molecule has 1 aliphatic rings. The van der Waals surface area contributed by atoms with E-state index in [2.05, 4.69) is 27.7 Å². The van der Waals surface area contributed by atoms with Crippen molar-refractivity contribution in [1.29, 1.82) is 0 Å². The van der Waals surface area contributed by atoms with Gasteiger partial charge in [-0.3, -0.25) is 0 Å². The molecular weight excluding hydrogens is 182 g/mol. The zero-order valence-corrected chi connectivity index (χ0v) is 11.3. The fourth-order valence-electron chi connectivity index (χ4n) is 3.38. The summed E-state index contributed by atoms with van der Waals surface area (Å²) in [6, 6.07) is 0. The van der Waals surface area contributed by atoms with Gasteiger partial charge in [0.15, 0.2) is 0 Å². The van der Waals surface area contributed by atoms with Crippen LogP contribution in [0.3, 0.4) is 0 Å². The molecule has 1 saturated heterocycles. The molecule has 2 atom stereocenters. The van der Waals surface area contributed by atoms with Gasteiger partial charge in [0.2, 0.25) is 0 Å². The molecule has 0 saturated carbocycles. The van der Waals surface area contributed by atoms with Crippen LogP contribution in [0, 0.1) is 11.8 Å². The van der Waals surface area contributed by atoms with Gasteiger partial charge in [-0.2, -0.15) is 0 Å². The number of hydrogen-bond donors (Lipinski definition) is 0. The highest BCUT2D eigenvalue weighted by molar-refractivity contribution is 4.75. The van der Waals surface area contributed by atoms with Crippen molar-refractivity contribution in [3.63, 3.8) is 0 Å². The first-order chi connectivity index (χ1) is 7.21. The molecule has 0 aromatic carbocycles. The van der Waals surface area contributed by atoms with Crippen molar-refractivity contribution < 1.29 is 4.48 Å². The normalized spacial score (nSPS) is 36.0. The van der Waals surface area contributed by atoms with E-state index in [0.29, 0.717) is 0 Å². The molecule has 0 aromatic heterocycles. The van der Waals surface area contributed by atoms with E-state index in [9.17, 15) is 0 Å².